The van der Waals surface area contributed by atoms with Crippen molar-refractivity contribution >= 4 is 27.3 Å². The van der Waals surface area contributed by atoms with Gasteiger partial charge in [-0.05, 0) is 18.2 Å². The van der Waals surface area contributed by atoms with Gasteiger partial charge in [0, 0.05) is 18.2 Å². The molecule has 0 unspecified atom stereocenters. The number of hydrogen-bond acceptors (Lipinski definition) is 6. The van der Waals surface area contributed by atoms with Crippen LogP contribution in [0, 0.1) is 0 Å². The van der Waals surface area contributed by atoms with Gasteiger partial charge in [0.15, 0.2) is 11.5 Å². The zero-order valence-electron chi connectivity index (χ0n) is 12.7. The van der Waals surface area contributed by atoms with Crippen molar-refractivity contribution in [1.29, 1.82) is 0 Å². The molecule has 3 rings (SSSR count). The van der Waals surface area contributed by atoms with E-state index in [0.29, 0.717) is 27.9 Å². The molecule has 0 spiro atoms. The van der Waals surface area contributed by atoms with Crippen LogP contribution in [0.15, 0.2) is 36.4 Å². The first-order valence-electron chi connectivity index (χ1n) is 6.99. The molecule has 1 N–H and O–H groups in total. The third-order valence-electron chi connectivity index (χ3n) is 3.07. The lowest BCUT2D eigenvalue weighted by Crippen LogP contribution is -2.27. The van der Waals surface area contributed by atoms with Gasteiger partial charge in [0.2, 0.25) is 15.9 Å². The van der Waals surface area contributed by atoms with Crippen molar-refractivity contribution in [1.82, 2.24) is 24.5 Å². The van der Waals surface area contributed by atoms with Gasteiger partial charge < -0.3 is 4.74 Å². The highest BCUT2D eigenvalue weighted by atomic mass is 35.5. The molecule has 10 heteroatoms. The van der Waals surface area contributed by atoms with E-state index >= 15 is 0 Å². The summed E-state index contributed by atoms with van der Waals surface area (Å²) in [6, 6.07) is 10.6. The Bertz CT molecular complexity index is 973. The predicted octanol–water partition coefficient (Wildman–Crippen LogP) is 1.37. The van der Waals surface area contributed by atoms with Gasteiger partial charge in [-0.1, -0.05) is 23.7 Å². The molecule has 2 heterocycles. The van der Waals surface area contributed by atoms with Crippen LogP contribution < -0.4 is 9.46 Å². The molecule has 24 heavy (non-hydrogen) atoms. The maximum absolute atomic E-state index is 11.0. The van der Waals surface area contributed by atoms with Crippen molar-refractivity contribution in [3.63, 3.8) is 0 Å². The summed E-state index contributed by atoms with van der Waals surface area (Å²) >= 11 is 6.20. The monoisotopic (exact) mass is 367 g/mol. The normalized spacial score (nSPS) is 11.8. The quantitative estimate of drug-likeness (QED) is 0.661. The van der Waals surface area contributed by atoms with Crippen molar-refractivity contribution in [2.45, 2.75) is 0 Å². The smallest absolute Gasteiger partial charge is 0.231 e. The first-order chi connectivity index (χ1) is 11.4. The van der Waals surface area contributed by atoms with E-state index in [4.69, 9.17) is 16.3 Å². The lowest BCUT2D eigenvalue weighted by atomic mass is 10.2. The van der Waals surface area contributed by atoms with E-state index in [0.717, 1.165) is 6.26 Å². The summed E-state index contributed by atoms with van der Waals surface area (Å²) in [6.07, 6.45) is 1.09. The SMILES string of the molecule is CS(=O)(=O)NCCOc1ccc2nnc(-c3ccccc3Cl)n2n1. The molecular weight excluding hydrogens is 354 g/mol. The summed E-state index contributed by atoms with van der Waals surface area (Å²) in [7, 11) is -3.24. The van der Waals surface area contributed by atoms with E-state index in [9.17, 15) is 8.42 Å². The molecule has 3 aromatic rings. The summed E-state index contributed by atoms with van der Waals surface area (Å²) < 4.78 is 31.3. The second-order valence-electron chi connectivity index (χ2n) is 4.96. The zero-order chi connectivity index (χ0) is 17.2. The highest BCUT2D eigenvalue weighted by molar-refractivity contribution is 7.88. The molecule has 0 aliphatic rings. The maximum atomic E-state index is 11.0. The first-order valence-corrected chi connectivity index (χ1v) is 9.26. The number of halogens is 1. The summed E-state index contributed by atoms with van der Waals surface area (Å²) in [5.41, 5.74) is 1.25. The van der Waals surface area contributed by atoms with E-state index < -0.39 is 10.0 Å². The van der Waals surface area contributed by atoms with Crippen molar-refractivity contribution < 1.29 is 13.2 Å². The number of nitrogens with one attached hydrogen (secondary N) is 1. The number of sulfonamides is 1. The van der Waals surface area contributed by atoms with Crippen LogP contribution in [-0.4, -0.2) is 47.6 Å². The van der Waals surface area contributed by atoms with Crippen LogP contribution in [0.3, 0.4) is 0 Å². The van der Waals surface area contributed by atoms with E-state index in [1.165, 1.54) is 4.52 Å². The van der Waals surface area contributed by atoms with E-state index in [1.54, 1.807) is 18.2 Å². The summed E-state index contributed by atoms with van der Waals surface area (Å²) in [6.45, 7) is 0.299. The highest BCUT2D eigenvalue weighted by Crippen LogP contribution is 2.26. The Balaban J connectivity index is 1.83. The minimum absolute atomic E-state index is 0.148. The van der Waals surface area contributed by atoms with Gasteiger partial charge in [0.1, 0.15) is 6.61 Å². The molecule has 2 aromatic heterocycles. The van der Waals surface area contributed by atoms with E-state index in [-0.39, 0.29) is 13.2 Å². The molecule has 0 amide bonds. The van der Waals surface area contributed by atoms with Crippen molar-refractivity contribution in [2.24, 2.45) is 0 Å². The van der Waals surface area contributed by atoms with Gasteiger partial charge in [0.25, 0.3) is 0 Å². The lowest BCUT2D eigenvalue weighted by Gasteiger charge is -2.06. The van der Waals surface area contributed by atoms with Crippen LogP contribution in [-0.2, 0) is 10.0 Å². The molecule has 0 saturated carbocycles. The Hall–Kier alpha value is -2.23. The number of benzene rings is 1. The maximum Gasteiger partial charge on any atom is 0.231 e. The second-order valence-corrected chi connectivity index (χ2v) is 7.20. The molecule has 0 bridgehead atoms. The van der Waals surface area contributed by atoms with Gasteiger partial charge in [-0.25, -0.2) is 13.1 Å². The van der Waals surface area contributed by atoms with Crippen molar-refractivity contribution in [2.75, 3.05) is 19.4 Å². The van der Waals surface area contributed by atoms with Crippen LogP contribution >= 0.6 is 11.6 Å². The molecule has 0 fully saturated rings. The summed E-state index contributed by atoms with van der Waals surface area (Å²) in [5.74, 6) is 0.821. The Morgan fingerprint density at radius 2 is 2.00 bits per heavy atom. The molecule has 0 radical (unpaired) electrons. The summed E-state index contributed by atoms with van der Waals surface area (Å²) in [4.78, 5) is 0. The summed E-state index contributed by atoms with van der Waals surface area (Å²) in [5, 5.41) is 13.0. The minimum Gasteiger partial charge on any atom is -0.475 e. The fourth-order valence-corrected chi connectivity index (χ4v) is 2.72. The minimum atomic E-state index is -3.24. The predicted molar refractivity (Wildman–Crippen MR) is 89.6 cm³/mol. The van der Waals surface area contributed by atoms with Crippen LogP contribution in [0.2, 0.25) is 5.02 Å². The third kappa shape index (κ3) is 3.81. The van der Waals surface area contributed by atoms with Gasteiger partial charge in [-0.15, -0.1) is 15.3 Å². The van der Waals surface area contributed by atoms with Crippen LogP contribution in [0.4, 0.5) is 0 Å². The molecule has 1 aromatic carbocycles. The largest absolute Gasteiger partial charge is 0.475 e. The Kier molecular flexibility index (Phi) is 4.65. The zero-order valence-corrected chi connectivity index (χ0v) is 14.3. The van der Waals surface area contributed by atoms with Gasteiger partial charge >= 0.3 is 0 Å². The average Bonchev–Trinajstić information content (AvgIpc) is 2.94. The van der Waals surface area contributed by atoms with Gasteiger partial charge in [-0.2, -0.15) is 4.52 Å². The van der Waals surface area contributed by atoms with Gasteiger partial charge in [0.05, 0.1) is 11.3 Å². The molecule has 0 atom stereocenters. The highest BCUT2D eigenvalue weighted by Gasteiger charge is 2.13. The number of nitrogens with zero attached hydrogens (tertiary/aromatic N) is 4. The third-order valence-corrected chi connectivity index (χ3v) is 4.13. The van der Waals surface area contributed by atoms with Crippen LogP contribution in [0.5, 0.6) is 5.88 Å². The number of ether oxygens (including phenoxy) is 1. The Labute approximate surface area is 143 Å². The van der Waals surface area contributed by atoms with Crippen LogP contribution in [0.25, 0.3) is 17.0 Å². The van der Waals surface area contributed by atoms with Crippen molar-refractivity contribution in [3.8, 4) is 17.3 Å². The van der Waals surface area contributed by atoms with Crippen LogP contribution in [0.1, 0.15) is 0 Å². The standard InChI is InChI=1S/C14H14ClN5O3S/c1-24(21,22)16-8-9-23-13-7-6-12-17-18-14(20(12)19-13)10-4-2-3-5-11(10)15/h2-7,16H,8-9H2,1H3. The molecule has 0 aliphatic heterocycles. The number of hydrogen-bond donors (Lipinski definition) is 1. The Morgan fingerprint density at radius 3 is 2.75 bits per heavy atom. The topological polar surface area (TPSA) is 98.5 Å². The second kappa shape index (κ2) is 6.71. The number of fused-ring (bicyclic) bond motifs is 1. The molecular formula is C14H14ClN5O3S. The van der Waals surface area contributed by atoms with Crippen molar-refractivity contribution in [3.05, 3.63) is 41.4 Å². The lowest BCUT2D eigenvalue weighted by molar-refractivity contribution is 0.306. The van der Waals surface area contributed by atoms with Gasteiger partial charge in [-0.3, -0.25) is 0 Å². The average molecular weight is 368 g/mol. The number of aromatic nitrogens is 4. The Morgan fingerprint density at radius 1 is 1.21 bits per heavy atom. The fraction of sp³-hybridized carbons (Fsp3) is 0.214. The molecule has 0 saturated heterocycles. The van der Waals surface area contributed by atoms with E-state index in [1.807, 2.05) is 18.2 Å². The molecule has 0 aliphatic carbocycles. The first kappa shape index (κ1) is 16.6. The molecule has 126 valence electrons. The number of rotatable bonds is 6. The van der Waals surface area contributed by atoms with E-state index in [2.05, 4.69) is 20.0 Å². The fourth-order valence-electron chi connectivity index (χ4n) is 2.04. The molecule has 8 nitrogen and oxygen atoms in total.